The highest BCUT2D eigenvalue weighted by Gasteiger charge is 2.24. The van der Waals surface area contributed by atoms with Crippen LogP contribution in [0.2, 0.25) is 0 Å². The first-order chi connectivity index (χ1) is 4.34. The fourth-order valence-electron chi connectivity index (χ4n) is 0.735. The Kier molecular flexibility index (Phi) is 3.33. The van der Waals surface area contributed by atoms with Crippen LogP contribution in [0.4, 0.5) is 0 Å². The molecule has 0 amide bonds. The van der Waals surface area contributed by atoms with Crippen molar-refractivity contribution in [1.82, 2.24) is 0 Å². The number of rotatable bonds is 3. The maximum absolute atomic E-state index is 9.31. The molecule has 0 saturated heterocycles. The molecule has 0 aliphatic rings. The Morgan fingerprint density at radius 3 is 1.80 bits per heavy atom. The van der Waals surface area contributed by atoms with Crippen molar-refractivity contribution in [2.45, 2.75) is 45.8 Å². The Balaban J connectivity index is 3.73. The molecule has 1 atom stereocenters. The van der Waals surface area contributed by atoms with Gasteiger partial charge in [0.1, 0.15) is 0 Å². The molecule has 0 aromatic rings. The van der Waals surface area contributed by atoms with Crippen LogP contribution < -0.4 is 0 Å². The third-order valence-corrected chi connectivity index (χ3v) is 1.51. The molecule has 0 aliphatic heterocycles. The van der Waals surface area contributed by atoms with E-state index in [2.05, 4.69) is 0 Å². The monoisotopic (exact) mass is 146 g/mol. The van der Waals surface area contributed by atoms with Gasteiger partial charge in [0.25, 0.3) is 0 Å². The first-order valence-corrected chi connectivity index (χ1v) is 3.74. The molecule has 2 heteroatoms. The zero-order chi connectivity index (χ0) is 8.36. The van der Waals surface area contributed by atoms with E-state index in [0.717, 1.165) is 0 Å². The second-order valence-electron chi connectivity index (χ2n) is 3.80. The second kappa shape index (κ2) is 3.35. The van der Waals surface area contributed by atoms with Crippen LogP contribution in [0.1, 0.15) is 34.1 Å². The number of hydrogen-bond acceptors (Lipinski definition) is 2. The van der Waals surface area contributed by atoms with Gasteiger partial charge in [0.15, 0.2) is 0 Å². The van der Waals surface area contributed by atoms with Gasteiger partial charge in [0.05, 0.1) is 11.7 Å². The molecule has 1 unspecified atom stereocenters. The highest BCUT2D eigenvalue weighted by atomic mass is 16.3. The molecular weight excluding hydrogens is 128 g/mol. The largest absolute Gasteiger partial charge is 0.390 e. The Hall–Kier alpha value is -0.0800. The smallest absolute Gasteiger partial charge is 0.0849 e. The lowest BCUT2D eigenvalue weighted by molar-refractivity contribution is -0.0564. The molecule has 0 heterocycles. The lowest BCUT2D eigenvalue weighted by Gasteiger charge is -2.25. The van der Waals surface area contributed by atoms with Crippen molar-refractivity contribution in [3.05, 3.63) is 0 Å². The van der Waals surface area contributed by atoms with Gasteiger partial charge in [0, 0.05) is 0 Å². The fraction of sp³-hybridized carbons (Fsp3) is 1.00. The van der Waals surface area contributed by atoms with Crippen LogP contribution in [0.25, 0.3) is 0 Å². The normalized spacial score (nSPS) is 15.9. The van der Waals surface area contributed by atoms with Crippen LogP contribution in [0.15, 0.2) is 0 Å². The van der Waals surface area contributed by atoms with Crippen LogP contribution in [0.5, 0.6) is 0 Å². The van der Waals surface area contributed by atoms with E-state index < -0.39 is 11.7 Å². The molecule has 2 N–H and O–H groups in total. The van der Waals surface area contributed by atoms with Crippen LogP contribution in [0.3, 0.4) is 0 Å². The summed E-state index contributed by atoms with van der Waals surface area (Å²) in [5.41, 5.74) is -0.954. The van der Waals surface area contributed by atoms with E-state index >= 15 is 0 Å². The highest BCUT2D eigenvalue weighted by molar-refractivity contribution is 4.76. The summed E-state index contributed by atoms with van der Waals surface area (Å²) in [6.07, 6.45) is 0.0521. The zero-order valence-electron chi connectivity index (χ0n) is 7.26. The Labute approximate surface area is 62.9 Å². The second-order valence-corrected chi connectivity index (χ2v) is 3.80. The molecule has 10 heavy (non-hydrogen) atoms. The molecule has 0 bridgehead atoms. The minimum Gasteiger partial charge on any atom is -0.390 e. The molecule has 62 valence electrons. The first-order valence-electron chi connectivity index (χ1n) is 3.74. The SMILES string of the molecule is CC(C)CC(O)C(C)(C)O. The van der Waals surface area contributed by atoms with Gasteiger partial charge in [-0.2, -0.15) is 0 Å². The van der Waals surface area contributed by atoms with Crippen molar-refractivity contribution in [2.75, 3.05) is 0 Å². The average molecular weight is 146 g/mol. The van der Waals surface area contributed by atoms with Crippen LogP contribution >= 0.6 is 0 Å². The third kappa shape index (κ3) is 3.85. The van der Waals surface area contributed by atoms with Crippen LogP contribution in [-0.4, -0.2) is 21.9 Å². The lowest BCUT2D eigenvalue weighted by atomic mass is 9.94. The maximum Gasteiger partial charge on any atom is 0.0849 e. The highest BCUT2D eigenvalue weighted by Crippen LogP contribution is 2.15. The van der Waals surface area contributed by atoms with Crippen molar-refractivity contribution in [3.8, 4) is 0 Å². The number of aliphatic hydroxyl groups is 2. The van der Waals surface area contributed by atoms with Gasteiger partial charge in [-0.05, 0) is 26.2 Å². The fourth-order valence-corrected chi connectivity index (χ4v) is 0.735. The summed E-state index contributed by atoms with van der Waals surface area (Å²) in [4.78, 5) is 0. The van der Waals surface area contributed by atoms with Gasteiger partial charge < -0.3 is 10.2 Å². The summed E-state index contributed by atoms with van der Waals surface area (Å²) in [5.74, 6) is 0.432. The summed E-state index contributed by atoms with van der Waals surface area (Å²) < 4.78 is 0. The van der Waals surface area contributed by atoms with Crippen LogP contribution in [0, 0.1) is 5.92 Å². The predicted molar refractivity (Wildman–Crippen MR) is 41.8 cm³/mol. The predicted octanol–water partition coefficient (Wildman–Crippen LogP) is 1.16. The Morgan fingerprint density at radius 1 is 1.30 bits per heavy atom. The first kappa shape index (κ1) is 9.92. The summed E-state index contributed by atoms with van der Waals surface area (Å²) in [6.45, 7) is 7.30. The van der Waals surface area contributed by atoms with Gasteiger partial charge in [0.2, 0.25) is 0 Å². The van der Waals surface area contributed by atoms with Gasteiger partial charge >= 0.3 is 0 Å². The molecule has 0 aromatic heterocycles. The van der Waals surface area contributed by atoms with Gasteiger partial charge in [-0.15, -0.1) is 0 Å². The van der Waals surface area contributed by atoms with E-state index in [1.54, 1.807) is 13.8 Å². The molecular formula is C8H18O2. The summed E-state index contributed by atoms with van der Waals surface area (Å²) >= 11 is 0. The van der Waals surface area contributed by atoms with E-state index in [9.17, 15) is 10.2 Å². The molecule has 0 spiro atoms. The third-order valence-electron chi connectivity index (χ3n) is 1.51. The van der Waals surface area contributed by atoms with Crippen molar-refractivity contribution in [2.24, 2.45) is 5.92 Å². The van der Waals surface area contributed by atoms with Gasteiger partial charge in [-0.3, -0.25) is 0 Å². The van der Waals surface area contributed by atoms with Gasteiger partial charge in [-0.25, -0.2) is 0 Å². The quantitative estimate of drug-likeness (QED) is 0.627. The molecule has 0 radical (unpaired) electrons. The van der Waals surface area contributed by atoms with Crippen molar-refractivity contribution in [1.29, 1.82) is 0 Å². The molecule has 0 rings (SSSR count). The Bertz CT molecular complexity index is 91.9. The molecule has 0 saturated carbocycles. The van der Waals surface area contributed by atoms with Crippen molar-refractivity contribution < 1.29 is 10.2 Å². The van der Waals surface area contributed by atoms with E-state index in [1.165, 1.54) is 0 Å². The van der Waals surface area contributed by atoms with Crippen molar-refractivity contribution >= 4 is 0 Å². The average Bonchev–Trinajstić information content (AvgIpc) is 1.60. The molecule has 2 nitrogen and oxygen atoms in total. The zero-order valence-corrected chi connectivity index (χ0v) is 7.26. The summed E-state index contributed by atoms with van der Waals surface area (Å²) in [7, 11) is 0. The molecule has 0 fully saturated rings. The molecule has 0 aromatic carbocycles. The summed E-state index contributed by atoms with van der Waals surface area (Å²) in [6, 6.07) is 0. The standard InChI is InChI=1S/C8H18O2/c1-6(2)5-7(9)8(3,4)10/h6-7,9-10H,5H2,1-4H3. The van der Waals surface area contributed by atoms with E-state index in [4.69, 9.17) is 0 Å². The minimum atomic E-state index is -0.954. The maximum atomic E-state index is 9.31. The van der Waals surface area contributed by atoms with Crippen molar-refractivity contribution in [3.63, 3.8) is 0 Å². The number of hydrogen-bond donors (Lipinski definition) is 2. The topological polar surface area (TPSA) is 40.5 Å². The van der Waals surface area contributed by atoms with Crippen LogP contribution in [-0.2, 0) is 0 Å². The van der Waals surface area contributed by atoms with Gasteiger partial charge in [-0.1, -0.05) is 13.8 Å². The van der Waals surface area contributed by atoms with E-state index in [1.807, 2.05) is 13.8 Å². The lowest BCUT2D eigenvalue weighted by Crippen LogP contribution is -2.36. The number of aliphatic hydroxyl groups excluding tert-OH is 1. The van der Waals surface area contributed by atoms with E-state index in [0.29, 0.717) is 12.3 Å². The Morgan fingerprint density at radius 2 is 1.70 bits per heavy atom. The summed E-state index contributed by atoms with van der Waals surface area (Å²) in [5, 5.41) is 18.6. The van der Waals surface area contributed by atoms with E-state index in [-0.39, 0.29) is 0 Å². The minimum absolute atomic E-state index is 0.432. The molecule has 0 aliphatic carbocycles.